The number of carbonyl (C=O) groups is 2. The molecule has 1 aromatic rings. The quantitative estimate of drug-likeness (QED) is 0.106. The van der Waals surface area contributed by atoms with E-state index >= 15 is 0 Å². The number of terminal acetylenes is 1. The van der Waals surface area contributed by atoms with Crippen LogP contribution < -0.4 is 0 Å². The summed E-state index contributed by atoms with van der Waals surface area (Å²) >= 11 is 0. The van der Waals surface area contributed by atoms with Gasteiger partial charge in [-0.15, -0.1) is 17.4 Å². The van der Waals surface area contributed by atoms with E-state index in [9.17, 15) is 18.4 Å². The number of halogens is 2. The number of alkyl halides is 2. The molecule has 5 rings (SSSR count). The molecule has 4 saturated heterocycles. The molecule has 8 atom stereocenters. The summed E-state index contributed by atoms with van der Waals surface area (Å²) in [4.78, 5) is 31.9. The topological polar surface area (TPSA) is 139 Å². The van der Waals surface area contributed by atoms with Crippen LogP contribution in [-0.4, -0.2) is 108 Å². The second-order valence-corrected chi connectivity index (χ2v) is 12.5. The Morgan fingerprint density at radius 1 is 1.00 bits per heavy atom. The number of methoxy groups -OCH3 is 2. The Kier molecular flexibility index (Phi) is 15.2. The number of aromatic nitrogens is 3. The molecule has 0 N–H and O–H groups in total. The van der Waals surface area contributed by atoms with Crippen molar-refractivity contribution in [3.05, 3.63) is 22.3 Å². The average molecular weight is 649 g/mol. The lowest BCUT2D eigenvalue weighted by atomic mass is 9.79. The smallest absolute Gasteiger partial charge is 0.310 e. The van der Waals surface area contributed by atoms with Crippen molar-refractivity contribution < 1.29 is 27.8 Å². The minimum Gasteiger partial charge on any atom is -0.469 e. The third kappa shape index (κ3) is 9.17. The summed E-state index contributed by atoms with van der Waals surface area (Å²) in [6.45, 7) is 5.36. The number of esters is 2. The van der Waals surface area contributed by atoms with Gasteiger partial charge in [-0.3, -0.25) is 32.9 Å². The van der Waals surface area contributed by atoms with Crippen LogP contribution in [0.2, 0.25) is 0 Å². The van der Waals surface area contributed by atoms with Crippen LogP contribution in [0.4, 0.5) is 8.78 Å². The number of nitrogens with zero attached hydrogens (tertiary/aromatic N) is 8. The van der Waals surface area contributed by atoms with E-state index in [4.69, 9.17) is 15.0 Å². The Hall–Kier alpha value is -3.27. The lowest BCUT2D eigenvalue weighted by Gasteiger charge is -2.43. The number of carbonyl (C=O) groups excluding carboxylic acids is 2. The fourth-order valence-electron chi connectivity index (χ4n) is 8.22. The predicted molar refractivity (Wildman–Crippen MR) is 169 cm³/mol. The Morgan fingerprint density at radius 2 is 1.50 bits per heavy atom. The summed E-state index contributed by atoms with van der Waals surface area (Å²) in [5.74, 6) is 1.67. The van der Waals surface area contributed by atoms with Gasteiger partial charge in [0.15, 0.2) is 0 Å². The number of rotatable bonds is 12. The highest BCUT2D eigenvalue weighted by atomic mass is 19.1. The predicted octanol–water partition coefficient (Wildman–Crippen LogP) is 4.53. The summed E-state index contributed by atoms with van der Waals surface area (Å²) in [6, 6.07) is 1.10. The molecule has 14 heteroatoms. The highest BCUT2D eigenvalue weighted by Gasteiger charge is 2.51. The summed E-state index contributed by atoms with van der Waals surface area (Å²) in [5.41, 5.74) is 9.36. The van der Waals surface area contributed by atoms with Crippen LogP contribution in [0, 0.1) is 42.9 Å². The number of hydrogen-bond donors (Lipinski definition) is 0. The SMILES string of the molecule is C#CC.COC(=O)C1C(CN=[N+]=[N-])CC2CCC1N2CCCF.COC(=O)C1C(Cn2cc(C)nn2)CC2CCC1N2CCCF. The van der Waals surface area contributed by atoms with Gasteiger partial charge in [-0.2, -0.15) is 0 Å². The minimum atomic E-state index is -0.332. The summed E-state index contributed by atoms with van der Waals surface area (Å²) in [6.07, 6.45) is 13.3. The largest absolute Gasteiger partial charge is 0.469 e. The van der Waals surface area contributed by atoms with Gasteiger partial charge in [0.1, 0.15) is 0 Å². The highest BCUT2D eigenvalue weighted by Crippen LogP contribution is 2.44. The lowest BCUT2D eigenvalue weighted by Crippen LogP contribution is -2.52. The number of ether oxygens (including phenoxy) is 2. The summed E-state index contributed by atoms with van der Waals surface area (Å²) in [7, 11) is 2.84. The Morgan fingerprint density at radius 3 is 1.93 bits per heavy atom. The molecule has 0 spiro atoms. The number of piperidine rings is 2. The Labute approximate surface area is 271 Å². The van der Waals surface area contributed by atoms with E-state index in [1.807, 2.05) is 17.8 Å². The van der Waals surface area contributed by atoms with E-state index in [1.165, 1.54) is 14.2 Å². The van der Waals surface area contributed by atoms with Crippen molar-refractivity contribution in [1.29, 1.82) is 0 Å². The third-order valence-corrected chi connectivity index (χ3v) is 9.88. The molecule has 4 aliphatic heterocycles. The first-order chi connectivity index (χ1) is 22.3. The minimum absolute atomic E-state index is 0.0393. The molecule has 12 nitrogen and oxygen atoms in total. The van der Waals surface area contributed by atoms with Crippen LogP contribution in [0.1, 0.15) is 64.0 Å². The molecule has 0 radical (unpaired) electrons. The van der Waals surface area contributed by atoms with E-state index in [0.717, 1.165) is 50.8 Å². The van der Waals surface area contributed by atoms with E-state index in [-0.39, 0.29) is 61.0 Å². The van der Waals surface area contributed by atoms with E-state index in [1.54, 1.807) is 6.92 Å². The molecule has 0 amide bonds. The van der Waals surface area contributed by atoms with Gasteiger partial charge in [0.05, 0.1) is 45.1 Å². The molecule has 256 valence electrons. The monoisotopic (exact) mass is 648 g/mol. The van der Waals surface area contributed by atoms with Gasteiger partial charge in [0.25, 0.3) is 0 Å². The van der Waals surface area contributed by atoms with Crippen LogP contribution in [-0.2, 0) is 25.6 Å². The standard InChI is InChI=1S/C16H25FN4O2.C13H21FN4O2.C3H4/c1-11-9-20(19-18-11)10-12-8-13-4-5-14(15(12)16(22)23-2)21(13)7-3-6-17;1-20-13(19)12-9(8-16-17-15)7-10-3-4-11(12)18(10)6-2-5-14;1-3-2/h9,12-15H,3-8,10H2,1-2H3;9-12H,2-8H2,1H3;1H,2H3. The second-order valence-electron chi connectivity index (χ2n) is 12.5. The lowest BCUT2D eigenvalue weighted by molar-refractivity contribution is -0.153. The molecule has 8 unspecified atom stereocenters. The molecule has 5 heterocycles. The van der Waals surface area contributed by atoms with Crippen LogP contribution in [0.3, 0.4) is 0 Å². The average Bonchev–Trinajstić information content (AvgIpc) is 3.69. The van der Waals surface area contributed by atoms with Crippen molar-refractivity contribution in [1.82, 2.24) is 24.8 Å². The summed E-state index contributed by atoms with van der Waals surface area (Å²) < 4.78 is 36.8. The number of azide groups is 1. The summed E-state index contributed by atoms with van der Waals surface area (Å²) in [5, 5.41) is 11.8. The van der Waals surface area contributed by atoms with Gasteiger partial charge in [0.2, 0.25) is 0 Å². The van der Waals surface area contributed by atoms with Crippen molar-refractivity contribution in [2.75, 3.05) is 47.2 Å². The van der Waals surface area contributed by atoms with Crippen LogP contribution in [0.15, 0.2) is 11.3 Å². The zero-order valence-corrected chi connectivity index (χ0v) is 27.6. The van der Waals surface area contributed by atoms with E-state index < -0.39 is 0 Å². The molecule has 0 aromatic carbocycles. The number of aryl methyl sites for hydroxylation is 1. The molecule has 46 heavy (non-hydrogen) atoms. The van der Waals surface area contributed by atoms with Gasteiger partial charge >= 0.3 is 11.9 Å². The van der Waals surface area contributed by atoms with Crippen molar-refractivity contribution in [3.63, 3.8) is 0 Å². The van der Waals surface area contributed by atoms with E-state index in [0.29, 0.717) is 44.6 Å². The van der Waals surface area contributed by atoms with Crippen molar-refractivity contribution in [2.24, 2.45) is 28.8 Å². The van der Waals surface area contributed by atoms with Crippen molar-refractivity contribution in [3.8, 4) is 12.3 Å². The Bertz CT molecular complexity index is 1200. The van der Waals surface area contributed by atoms with Gasteiger partial charge in [-0.25, -0.2) is 0 Å². The van der Waals surface area contributed by atoms with Gasteiger partial charge in [-0.05, 0) is 82.6 Å². The van der Waals surface area contributed by atoms with Crippen LogP contribution in [0.25, 0.3) is 10.4 Å². The van der Waals surface area contributed by atoms with Gasteiger partial charge < -0.3 is 9.47 Å². The fraction of sp³-hybridized carbons (Fsp3) is 0.812. The zero-order chi connectivity index (χ0) is 33.6. The van der Waals surface area contributed by atoms with Gasteiger partial charge in [-0.1, -0.05) is 10.3 Å². The highest BCUT2D eigenvalue weighted by molar-refractivity contribution is 5.74. The maximum atomic E-state index is 12.6. The third-order valence-electron chi connectivity index (χ3n) is 9.88. The van der Waals surface area contributed by atoms with Crippen molar-refractivity contribution in [2.45, 2.75) is 95.9 Å². The molecule has 4 fully saturated rings. The fourth-order valence-corrected chi connectivity index (χ4v) is 8.22. The number of hydrogen-bond acceptors (Lipinski definition) is 9. The van der Waals surface area contributed by atoms with Gasteiger partial charge in [0, 0.05) is 61.5 Å². The maximum absolute atomic E-state index is 12.6. The zero-order valence-electron chi connectivity index (χ0n) is 27.6. The molecule has 4 aliphatic rings. The molecular weight excluding hydrogens is 598 g/mol. The molecule has 1 aromatic heterocycles. The molecule has 4 bridgehead atoms. The van der Waals surface area contributed by atoms with E-state index in [2.05, 4.69) is 42.5 Å². The van der Waals surface area contributed by atoms with Crippen LogP contribution >= 0.6 is 0 Å². The maximum Gasteiger partial charge on any atom is 0.310 e. The first-order valence-electron chi connectivity index (χ1n) is 16.3. The molecule has 0 aliphatic carbocycles. The Balaban J connectivity index is 0.000000233. The van der Waals surface area contributed by atoms with Crippen molar-refractivity contribution >= 4 is 11.9 Å². The van der Waals surface area contributed by atoms with Crippen LogP contribution in [0.5, 0.6) is 0 Å². The first-order valence-corrected chi connectivity index (χ1v) is 16.3. The second kappa shape index (κ2) is 18.8. The molecule has 0 saturated carbocycles. The molecular formula is C32H50F2N8O4. The normalized spacial score (nSPS) is 29.7. The first kappa shape index (κ1) is 37.2. The number of fused-ring (bicyclic) bond motifs is 4.